The van der Waals surface area contributed by atoms with Crippen molar-refractivity contribution in [3.63, 3.8) is 0 Å². The number of amides is 4. The molecule has 2 saturated heterocycles. The summed E-state index contributed by atoms with van der Waals surface area (Å²) < 4.78 is 0. The number of nitrogens with one attached hydrogen (secondary N) is 1. The van der Waals surface area contributed by atoms with Crippen molar-refractivity contribution in [1.82, 2.24) is 20.0 Å². The number of hydrogen-bond acceptors (Lipinski definition) is 5. The lowest BCUT2D eigenvalue weighted by atomic mass is 9.73. The zero-order valence-corrected chi connectivity index (χ0v) is 20.1. The van der Waals surface area contributed by atoms with Crippen LogP contribution < -0.4 is 5.32 Å². The van der Waals surface area contributed by atoms with E-state index in [4.69, 9.17) is 0 Å². The second-order valence-electron chi connectivity index (χ2n) is 10.2. The molecule has 2 rings (SSSR count). The van der Waals surface area contributed by atoms with Gasteiger partial charge in [-0.3, -0.25) is 19.3 Å². The van der Waals surface area contributed by atoms with Crippen LogP contribution in [-0.4, -0.2) is 84.1 Å². The van der Waals surface area contributed by atoms with Crippen LogP contribution in [0.25, 0.3) is 0 Å². The van der Waals surface area contributed by atoms with E-state index in [1.165, 1.54) is 4.90 Å². The number of carbonyl (C=O) groups is 4. The number of urea groups is 1. The molecule has 176 valence electrons. The summed E-state index contributed by atoms with van der Waals surface area (Å²) in [5, 5.41) is 3.06. The standard InChI is InChI=1S/C23H40N4O4/c1-16(2)7-10-23(21(30)27(22(31)24-23)14-13-25(5)6)18-8-11-26(12-9-18)20(29)19(28)15-17(3)4/h16-18H,7-15H2,1-6H3,(H,24,31)/t23-/m0/s1. The third-order valence-electron chi connectivity index (χ3n) is 6.40. The molecule has 2 fully saturated rings. The number of nitrogens with zero attached hydrogens (tertiary/aromatic N) is 3. The number of hydrogen-bond donors (Lipinski definition) is 1. The second kappa shape index (κ2) is 10.6. The van der Waals surface area contributed by atoms with Gasteiger partial charge in [0.15, 0.2) is 0 Å². The summed E-state index contributed by atoms with van der Waals surface area (Å²) in [6, 6.07) is -0.318. The zero-order valence-electron chi connectivity index (χ0n) is 20.1. The van der Waals surface area contributed by atoms with E-state index >= 15 is 0 Å². The third-order valence-corrected chi connectivity index (χ3v) is 6.40. The van der Waals surface area contributed by atoms with Gasteiger partial charge in [0.2, 0.25) is 5.78 Å². The molecule has 0 aliphatic carbocycles. The molecule has 31 heavy (non-hydrogen) atoms. The van der Waals surface area contributed by atoms with Crippen LogP contribution in [-0.2, 0) is 14.4 Å². The van der Waals surface area contributed by atoms with E-state index in [9.17, 15) is 19.2 Å². The van der Waals surface area contributed by atoms with Gasteiger partial charge in [0.05, 0.1) is 0 Å². The lowest BCUT2D eigenvalue weighted by molar-refractivity contribution is -0.146. The van der Waals surface area contributed by atoms with Crippen LogP contribution in [0.4, 0.5) is 4.79 Å². The van der Waals surface area contributed by atoms with Crippen molar-refractivity contribution in [2.45, 2.75) is 65.3 Å². The van der Waals surface area contributed by atoms with Gasteiger partial charge >= 0.3 is 6.03 Å². The summed E-state index contributed by atoms with van der Waals surface area (Å²) in [5.74, 6) is -0.390. The van der Waals surface area contributed by atoms with Gasteiger partial charge in [-0.05, 0) is 57.5 Å². The SMILES string of the molecule is CC(C)CC[C@@]1(C2CCN(C(=O)C(=O)CC(C)C)CC2)NC(=O)N(CCN(C)C)C1=O. The van der Waals surface area contributed by atoms with E-state index in [0.29, 0.717) is 51.4 Å². The number of ketones is 1. The van der Waals surface area contributed by atoms with E-state index in [2.05, 4.69) is 19.2 Å². The summed E-state index contributed by atoms with van der Waals surface area (Å²) >= 11 is 0. The largest absolute Gasteiger partial charge is 0.336 e. The second-order valence-corrected chi connectivity index (χ2v) is 10.2. The van der Waals surface area contributed by atoms with Gasteiger partial charge in [0.25, 0.3) is 11.8 Å². The van der Waals surface area contributed by atoms with Gasteiger partial charge in [0, 0.05) is 32.6 Å². The Morgan fingerprint density at radius 3 is 2.23 bits per heavy atom. The Kier molecular flexibility index (Phi) is 8.63. The van der Waals surface area contributed by atoms with E-state index in [1.807, 2.05) is 32.8 Å². The molecule has 8 heteroatoms. The summed E-state index contributed by atoms with van der Waals surface area (Å²) in [6.45, 7) is 9.93. The van der Waals surface area contributed by atoms with Gasteiger partial charge in [-0.15, -0.1) is 0 Å². The molecule has 0 radical (unpaired) electrons. The molecule has 2 aliphatic heterocycles. The molecule has 0 spiro atoms. The number of carbonyl (C=O) groups excluding carboxylic acids is 4. The van der Waals surface area contributed by atoms with Gasteiger partial charge in [-0.25, -0.2) is 4.79 Å². The van der Waals surface area contributed by atoms with Crippen molar-refractivity contribution >= 4 is 23.6 Å². The molecular formula is C23H40N4O4. The lowest BCUT2D eigenvalue weighted by Crippen LogP contribution is -2.57. The minimum Gasteiger partial charge on any atom is -0.336 e. The third kappa shape index (κ3) is 6.05. The average molecular weight is 437 g/mol. The monoisotopic (exact) mass is 436 g/mol. The van der Waals surface area contributed by atoms with E-state index in [1.54, 1.807) is 4.90 Å². The van der Waals surface area contributed by atoms with Crippen LogP contribution in [0.3, 0.4) is 0 Å². The van der Waals surface area contributed by atoms with Crippen molar-refractivity contribution in [3.05, 3.63) is 0 Å². The minimum atomic E-state index is -0.912. The Morgan fingerprint density at radius 1 is 1.10 bits per heavy atom. The number of likely N-dealkylation sites (tertiary alicyclic amines) is 1. The van der Waals surface area contributed by atoms with E-state index < -0.39 is 11.4 Å². The molecule has 2 aliphatic rings. The smallest absolute Gasteiger partial charge is 0.325 e. The molecule has 1 N–H and O–H groups in total. The molecule has 4 amide bonds. The van der Waals surface area contributed by atoms with Crippen molar-refractivity contribution in [3.8, 4) is 0 Å². The molecule has 0 unspecified atom stereocenters. The molecule has 2 heterocycles. The van der Waals surface area contributed by atoms with Crippen molar-refractivity contribution in [2.24, 2.45) is 17.8 Å². The Hall–Kier alpha value is -1.96. The fourth-order valence-corrected chi connectivity index (χ4v) is 4.52. The van der Waals surface area contributed by atoms with Crippen molar-refractivity contribution in [1.29, 1.82) is 0 Å². The Bertz CT molecular complexity index is 683. The quantitative estimate of drug-likeness (QED) is 0.419. The first-order valence-corrected chi connectivity index (χ1v) is 11.6. The van der Waals surface area contributed by atoms with Crippen molar-refractivity contribution < 1.29 is 19.2 Å². The minimum absolute atomic E-state index is 0.0451. The highest BCUT2D eigenvalue weighted by Crippen LogP contribution is 2.38. The van der Waals surface area contributed by atoms with Gasteiger partial charge < -0.3 is 15.1 Å². The zero-order chi connectivity index (χ0) is 23.3. The van der Waals surface area contributed by atoms with Crippen LogP contribution in [0.1, 0.15) is 59.8 Å². The summed E-state index contributed by atoms with van der Waals surface area (Å²) in [5.41, 5.74) is -0.912. The Balaban J connectivity index is 2.13. The topological polar surface area (TPSA) is 90.0 Å². The van der Waals surface area contributed by atoms with Gasteiger partial charge in [0.1, 0.15) is 5.54 Å². The molecule has 8 nitrogen and oxygen atoms in total. The maximum absolute atomic E-state index is 13.5. The lowest BCUT2D eigenvalue weighted by Gasteiger charge is -2.41. The van der Waals surface area contributed by atoms with Gasteiger partial charge in [-0.1, -0.05) is 27.7 Å². The fourth-order valence-electron chi connectivity index (χ4n) is 4.52. The molecule has 0 bridgehead atoms. The number of Topliss-reactive ketones (excluding diaryl/α,β-unsaturated/α-hetero) is 1. The first kappa shape index (κ1) is 25.3. The van der Waals surface area contributed by atoms with E-state index in [0.717, 1.165) is 6.42 Å². The molecule has 0 aromatic heterocycles. The first-order chi connectivity index (χ1) is 14.5. The molecule has 0 aromatic rings. The number of piperidine rings is 1. The maximum Gasteiger partial charge on any atom is 0.325 e. The maximum atomic E-state index is 13.5. The Labute approximate surface area is 186 Å². The highest BCUT2D eigenvalue weighted by atomic mass is 16.2. The predicted molar refractivity (Wildman–Crippen MR) is 119 cm³/mol. The molecule has 0 aromatic carbocycles. The van der Waals surface area contributed by atoms with Crippen molar-refractivity contribution in [2.75, 3.05) is 40.3 Å². The molecular weight excluding hydrogens is 396 g/mol. The fraction of sp³-hybridized carbons (Fsp3) is 0.826. The number of rotatable bonds is 10. The summed E-state index contributed by atoms with van der Waals surface area (Å²) in [4.78, 5) is 55.8. The highest BCUT2D eigenvalue weighted by Gasteiger charge is 2.55. The summed E-state index contributed by atoms with van der Waals surface area (Å²) in [7, 11) is 3.83. The number of imide groups is 1. The van der Waals surface area contributed by atoms with Crippen LogP contribution in [0, 0.1) is 17.8 Å². The first-order valence-electron chi connectivity index (χ1n) is 11.6. The predicted octanol–water partition coefficient (Wildman–Crippen LogP) is 2.13. The van der Waals surface area contributed by atoms with Crippen LogP contribution in [0.2, 0.25) is 0 Å². The highest BCUT2D eigenvalue weighted by molar-refractivity contribution is 6.36. The van der Waals surface area contributed by atoms with Crippen LogP contribution in [0.5, 0.6) is 0 Å². The van der Waals surface area contributed by atoms with Gasteiger partial charge in [-0.2, -0.15) is 0 Å². The van der Waals surface area contributed by atoms with E-state index in [-0.39, 0.29) is 36.0 Å². The van der Waals surface area contributed by atoms with Crippen LogP contribution >= 0.6 is 0 Å². The molecule has 1 atom stereocenters. The Morgan fingerprint density at radius 2 is 1.71 bits per heavy atom. The average Bonchev–Trinajstić information content (AvgIpc) is 2.94. The molecule has 0 saturated carbocycles. The number of likely N-dealkylation sites (N-methyl/N-ethyl adjacent to an activating group) is 1. The normalized spacial score (nSPS) is 22.7. The summed E-state index contributed by atoms with van der Waals surface area (Å²) in [6.07, 6.45) is 2.89. The van der Waals surface area contributed by atoms with Crippen LogP contribution in [0.15, 0.2) is 0 Å².